The maximum Gasteiger partial charge on any atom is 0.257 e. The molecule has 1 fully saturated rings. The van der Waals surface area contributed by atoms with E-state index < -0.39 is 10.0 Å². The first-order chi connectivity index (χ1) is 15.7. The number of anilines is 1. The van der Waals surface area contributed by atoms with Crippen LogP contribution >= 0.6 is 11.3 Å². The molecule has 8 heteroatoms. The van der Waals surface area contributed by atoms with Gasteiger partial charge in [0, 0.05) is 29.6 Å². The Kier molecular flexibility index (Phi) is 6.70. The highest BCUT2D eigenvalue weighted by Crippen LogP contribution is 2.30. The van der Waals surface area contributed by atoms with Crippen LogP contribution in [0.5, 0.6) is 0 Å². The van der Waals surface area contributed by atoms with E-state index in [1.165, 1.54) is 32.8 Å². The van der Waals surface area contributed by atoms with Crippen molar-refractivity contribution in [2.45, 2.75) is 51.9 Å². The zero-order chi connectivity index (χ0) is 23.8. The van der Waals surface area contributed by atoms with Gasteiger partial charge in [-0.3, -0.25) is 10.1 Å². The molecule has 0 spiro atoms. The number of hydrogen-bond donors (Lipinski definition) is 1. The van der Waals surface area contributed by atoms with Crippen LogP contribution in [0.1, 0.15) is 51.9 Å². The minimum absolute atomic E-state index is 0.197. The third kappa shape index (κ3) is 4.88. The van der Waals surface area contributed by atoms with Gasteiger partial charge in [0.15, 0.2) is 5.13 Å². The van der Waals surface area contributed by atoms with Gasteiger partial charge in [-0.25, -0.2) is 13.4 Å². The van der Waals surface area contributed by atoms with E-state index in [-0.39, 0.29) is 10.8 Å². The van der Waals surface area contributed by atoms with E-state index >= 15 is 0 Å². The zero-order valence-electron chi connectivity index (χ0n) is 19.4. The number of aryl methyl sites for hydroxylation is 4. The van der Waals surface area contributed by atoms with Gasteiger partial charge in [-0.05, 0) is 81.0 Å². The summed E-state index contributed by atoms with van der Waals surface area (Å²) < 4.78 is 27.9. The average molecular weight is 484 g/mol. The summed E-state index contributed by atoms with van der Waals surface area (Å²) in [4.78, 5) is 17.7. The molecular formula is C25H29N3O3S2. The van der Waals surface area contributed by atoms with Crippen molar-refractivity contribution in [1.29, 1.82) is 0 Å². The van der Waals surface area contributed by atoms with Gasteiger partial charge in [0.2, 0.25) is 10.0 Å². The number of carbonyl (C=O) groups excluding carboxylic acids is 1. The molecule has 0 radical (unpaired) electrons. The molecule has 6 nitrogen and oxygen atoms in total. The first-order valence-electron chi connectivity index (χ1n) is 11.1. The topological polar surface area (TPSA) is 79.4 Å². The number of benzene rings is 2. The number of thiazole rings is 1. The van der Waals surface area contributed by atoms with Crippen molar-refractivity contribution in [3.05, 3.63) is 63.5 Å². The van der Waals surface area contributed by atoms with Crippen molar-refractivity contribution in [2.75, 3.05) is 18.4 Å². The maximum atomic E-state index is 13.2. The smallest absolute Gasteiger partial charge is 0.257 e. The fraction of sp³-hybridized carbons (Fsp3) is 0.360. The van der Waals surface area contributed by atoms with Crippen molar-refractivity contribution in [2.24, 2.45) is 0 Å². The molecule has 33 heavy (non-hydrogen) atoms. The number of sulfonamides is 1. The number of hydrogen-bond acceptors (Lipinski definition) is 5. The normalized spacial score (nSPS) is 14.9. The molecule has 1 aromatic heterocycles. The van der Waals surface area contributed by atoms with Crippen LogP contribution in [-0.2, 0) is 10.0 Å². The van der Waals surface area contributed by atoms with Gasteiger partial charge in [-0.15, -0.1) is 11.3 Å². The lowest BCUT2D eigenvalue weighted by Crippen LogP contribution is -2.36. The number of rotatable bonds is 5. The molecule has 1 aliphatic heterocycles. The summed E-state index contributed by atoms with van der Waals surface area (Å²) in [6, 6.07) is 9.08. The van der Waals surface area contributed by atoms with Gasteiger partial charge in [0.05, 0.1) is 10.6 Å². The summed E-state index contributed by atoms with van der Waals surface area (Å²) in [5.74, 6) is -0.372. The van der Waals surface area contributed by atoms with Crippen LogP contribution in [-0.4, -0.2) is 36.7 Å². The molecule has 1 saturated heterocycles. The largest absolute Gasteiger partial charge is 0.298 e. The third-order valence-electron chi connectivity index (χ3n) is 6.22. The number of nitrogens with zero attached hydrogens (tertiary/aromatic N) is 2. The van der Waals surface area contributed by atoms with E-state index in [1.807, 2.05) is 5.38 Å². The fourth-order valence-electron chi connectivity index (χ4n) is 4.12. The van der Waals surface area contributed by atoms with Crippen LogP contribution in [0.4, 0.5) is 5.13 Å². The van der Waals surface area contributed by atoms with Crippen LogP contribution < -0.4 is 5.32 Å². The molecule has 3 aromatic rings. The molecule has 0 aliphatic carbocycles. The molecule has 2 heterocycles. The Morgan fingerprint density at radius 2 is 1.64 bits per heavy atom. The lowest BCUT2D eigenvalue weighted by Gasteiger charge is -2.26. The van der Waals surface area contributed by atoms with E-state index in [2.05, 4.69) is 43.2 Å². The van der Waals surface area contributed by atoms with E-state index in [0.29, 0.717) is 29.3 Å². The van der Waals surface area contributed by atoms with Crippen LogP contribution in [0, 0.1) is 27.7 Å². The standard InChI is InChI=1S/C25H29N3O3S2/c1-16-8-9-20(14-23(16)33(30,31)28-10-6-5-7-11-28)24(29)27-25-26-22(15-32-25)21-13-18(3)17(2)12-19(21)4/h8-9,12-15H,5-7,10-11H2,1-4H3,(H,26,27,29). The third-order valence-corrected chi connectivity index (χ3v) is 9.02. The predicted molar refractivity (Wildman–Crippen MR) is 134 cm³/mol. The molecule has 0 saturated carbocycles. The Bertz CT molecular complexity index is 1310. The number of amides is 1. The van der Waals surface area contributed by atoms with Crippen molar-refractivity contribution in [3.63, 3.8) is 0 Å². The van der Waals surface area contributed by atoms with Gasteiger partial charge in [0.1, 0.15) is 0 Å². The zero-order valence-corrected chi connectivity index (χ0v) is 21.1. The monoisotopic (exact) mass is 483 g/mol. The Balaban J connectivity index is 1.57. The lowest BCUT2D eigenvalue weighted by molar-refractivity contribution is 0.102. The quantitative estimate of drug-likeness (QED) is 0.522. The van der Waals surface area contributed by atoms with Gasteiger partial charge in [-0.2, -0.15) is 4.31 Å². The molecular weight excluding hydrogens is 454 g/mol. The summed E-state index contributed by atoms with van der Waals surface area (Å²) in [6.07, 6.45) is 2.78. The Morgan fingerprint density at radius 3 is 2.36 bits per heavy atom. The fourth-order valence-corrected chi connectivity index (χ4v) is 6.60. The minimum atomic E-state index is -3.63. The first kappa shape index (κ1) is 23.6. The SMILES string of the molecule is Cc1cc(C)c(-c2csc(NC(=O)c3ccc(C)c(S(=O)(=O)N4CCCCC4)c3)n2)cc1C. The number of aromatic nitrogens is 1. The molecule has 0 unspecified atom stereocenters. The highest BCUT2D eigenvalue weighted by atomic mass is 32.2. The number of carbonyl (C=O) groups is 1. The molecule has 4 rings (SSSR count). The first-order valence-corrected chi connectivity index (χ1v) is 13.4. The molecule has 1 amide bonds. The Morgan fingerprint density at radius 1 is 0.939 bits per heavy atom. The second-order valence-corrected chi connectivity index (χ2v) is 11.5. The summed E-state index contributed by atoms with van der Waals surface area (Å²) in [5.41, 5.74) is 6.35. The summed E-state index contributed by atoms with van der Waals surface area (Å²) in [7, 11) is -3.63. The molecule has 1 N–H and O–H groups in total. The van der Waals surface area contributed by atoms with Crippen LogP contribution in [0.3, 0.4) is 0 Å². The molecule has 174 valence electrons. The average Bonchev–Trinajstić information content (AvgIpc) is 3.25. The van der Waals surface area contributed by atoms with Gasteiger partial charge >= 0.3 is 0 Å². The van der Waals surface area contributed by atoms with Crippen LogP contribution in [0.25, 0.3) is 11.3 Å². The van der Waals surface area contributed by atoms with Gasteiger partial charge in [-0.1, -0.05) is 18.6 Å². The number of nitrogens with one attached hydrogen (secondary N) is 1. The van der Waals surface area contributed by atoms with Crippen molar-refractivity contribution in [3.8, 4) is 11.3 Å². The summed E-state index contributed by atoms with van der Waals surface area (Å²) in [6.45, 7) is 9.02. The second-order valence-electron chi connectivity index (χ2n) is 8.69. The predicted octanol–water partition coefficient (Wildman–Crippen LogP) is 5.47. The van der Waals surface area contributed by atoms with Gasteiger partial charge < -0.3 is 0 Å². The van der Waals surface area contributed by atoms with Gasteiger partial charge in [0.25, 0.3) is 5.91 Å². The summed E-state index contributed by atoms with van der Waals surface area (Å²) >= 11 is 1.35. The lowest BCUT2D eigenvalue weighted by atomic mass is 9.99. The van der Waals surface area contributed by atoms with E-state index in [1.54, 1.807) is 19.1 Å². The van der Waals surface area contributed by atoms with Crippen molar-refractivity contribution < 1.29 is 13.2 Å². The molecule has 2 aromatic carbocycles. The van der Waals surface area contributed by atoms with E-state index in [9.17, 15) is 13.2 Å². The van der Waals surface area contributed by atoms with E-state index in [0.717, 1.165) is 36.1 Å². The highest BCUT2D eigenvalue weighted by molar-refractivity contribution is 7.89. The second kappa shape index (κ2) is 9.37. The minimum Gasteiger partial charge on any atom is -0.298 e. The summed E-state index contributed by atoms with van der Waals surface area (Å²) in [5, 5.41) is 5.24. The van der Waals surface area contributed by atoms with Crippen molar-refractivity contribution >= 4 is 32.4 Å². The maximum absolute atomic E-state index is 13.2. The molecule has 0 bridgehead atoms. The Labute approximate surface area is 199 Å². The van der Waals surface area contributed by atoms with Crippen LogP contribution in [0.2, 0.25) is 0 Å². The number of piperidine rings is 1. The van der Waals surface area contributed by atoms with E-state index in [4.69, 9.17) is 0 Å². The van der Waals surface area contributed by atoms with Crippen molar-refractivity contribution in [1.82, 2.24) is 9.29 Å². The molecule has 1 aliphatic rings. The molecule has 0 atom stereocenters. The van der Waals surface area contributed by atoms with Crippen LogP contribution in [0.15, 0.2) is 40.6 Å². The highest BCUT2D eigenvalue weighted by Gasteiger charge is 2.28. The Hall–Kier alpha value is -2.55.